The summed E-state index contributed by atoms with van der Waals surface area (Å²) in [4.78, 5) is 58.0. The largest absolute Gasteiger partial charge is 0.455 e. The summed E-state index contributed by atoms with van der Waals surface area (Å²) in [5, 5.41) is 13.0. The van der Waals surface area contributed by atoms with Crippen LogP contribution >= 0.6 is 0 Å². The van der Waals surface area contributed by atoms with Crippen LogP contribution in [-0.4, -0.2) is 87.6 Å². The van der Waals surface area contributed by atoms with Gasteiger partial charge in [0.25, 0.3) is 0 Å². The van der Waals surface area contributed by atoms with Gasteiger partial charge >= 0.3 is 5.97 Å². The lowest BCUT2D eigenvalue weighted by Crippen LogP contribution is -2.59. The van der Waals surface area contributed by atoms with Crippen molar-refractivity contribution in [3.05, 3.63) is 61.2 Å². The molecule has 3 saturated heterocycles. The number of ether oxygens (including phenoxy) is 2. The van der Waals surface area contributed by atoms with Crippen molar-refractivity contribution in [2.45, 2.75) is 95.4 Å². The van der Waals surface area contributed by atoms with Crippen molar-refractivity contribution < 1.29 is 33.8 Å². The highest BCUT2D eigenvalue weighted by Crippen LogP contribution is 2.59. The molecule has 1 aromatic carbocycles. The van der Waals surface area contributed by atoms with Crippen molar-refractivity contribution in [3.63, 3.8) is 0 Å². The van der Waals surface area contributed by atoms with Crippen LogP contribution in [0.2, 0.25) is 0 Å². The first kappa shape index (κ1) is 32.4. The normalized spacial score (nSPS) is 27.8. The van der Waals surface area contributed by atoms with Gasteiger partial charge in [-0.2, -0.15) is 0 Å². The van der Waals surface area contributed by atoms with Crippen LogP contribution in [0, 0.1) is 11.8 Å². The molecular weight excluding hydrogens is 550 g/mol. The molecule has 2 bridgehead atoms. The topological polar surface area (TPSA) is 125 Å². The summed E-state index contributed by atoms with van der Waals surface area (Å²) in [7, 11) is 0. The Bertz CT molecular complexity index is 1220. The molecule has 3 heterocycles. The lowest BCUT2D eigenvalue weighted by Gasteiger charge is -2.39. The monoisotopic (exact) mass is 595 g/mol. The van der Waals surface area contributed by atoms with E-state index in [2.05, 4.69) is 18.5 Å². The molecule has 1 spiro atoms. The molecule has 1 aromatic rings. The Hall–Kier alpha value is -3.50. The van der Waals surface area contributed by atoms with Gasteiger partial charge in [-0.15, -0.1) is 13.2 Å². The molecule has 3 aliphatic rings. The number of carbonyl (C=O) groups is 4. The molecule has 0 saturated carbocycles. The highest BCUT2D eigenvalue weighted by atomic mass is 16.6. The minimum absolute atomic E-state index is 0.170. The number of nitrogens with zero attached hydrogens (tertiary/aromatic N) is 2. The van der Waals surface area contributed by atoms with E-state index in [0.29, 0.717) is 24.8 Å². The van der Waals surface area contributed by atoms with E-state index in [4.69, 9.17) is 9.47 Å². The van der Waals surface area contributed by atoms with E-state index >= 15 is 0 Å². The lowest BCUT2D eigenvalue weighted by atomic mass is 9.70. The predicted molar refractivity (Wildman–Crippen MR) is 160 cm³/mol. The fourth-order valence-corrected chi connectivity index (χ4v) is 6.99. The van der Waals surface area contributed by atoms with Crippen LogP contribution in [0.4, 0.5) is 0 Å². The van der Waals surface area contributed by atoms with Gasteiger partial charge in [0.2, 0.25) is 17.7 Å². The quantitative estimate of drug-likeness (QED) is 0.250. The molecular formula is C33H45N3O7. The number of aliphatic hydroxyl groups excluding tert-OH is 1. The Morgan fingerprint density at radius 2 is 1.88 bits per heavy atom. The van der Waals surface area contributed by atoms with Gasteiger partial charge in [0.1, 0.15) is 17.7 Å². The molecule has 10 heteroatoms. The molecule has 4 rings (SSSR count). The minimum Gasteiger partial charge on any atom is -0.455 e. The first-order chi connectivity index (χ1) is 20.5. The van der Waals surface area contributed by atoms with Crippen molar-refractivity contribution in [2.75, 3.05) is 13.2 Å². The van der Waals surface area contributed by atoms with E-state index in [0.717, 1.165) is 0 Å². The molecule has 0 radical (unpaired) electrons. The summed E-state index contributed by atoms with van der Waals surface area (Å²) in [5.41, 5.74) is -0.517. The molecule has 0 unspecified atom stereocenters. The van der Waals surface area contributed by atoms with E-state index in [1.165, 1.54) is 4.90 Å². The average molecular weight is 596 g/mol. The molecule has 0 aromatic heterocycles. The predicted octanol–water partition coefficient (Wildman–Crippen LogP) is 2.92. The van der Waals surface area contributed by atoms with Crippen molar-refractivity contribution in [2.24, 2.45) is 11.8 Å². The number of benzene rings is 1. The van der Waals surface area contributed by atoms with Crippen LogP contribution in [0.3, 0.4) is 0 Å². The number of nitrogens with one attached hydrogen (secondary N) is 1. The number of esters is 1. The summed E-state index contributed by atoms with van der Waals surface area (Å²) in [5.74, 6) is -3.36. The molecule has 43 heavy (non-hydrogen) atoms. The summed E-state index contributed by atoms with van der Waals surface area (Å²) >= 11 is 0. The molecule has 3 fully saturated rings. The number of allylic oxidation sites excluding steroid dienone is 1. The lowest BCUT2D eigenvalue weighted by molar-refractivity contribution is -0.162. The van der Waals surface area contributed by atoms with E-state index in [9.17, 15) is 24.3 Å². The van der Waals surface area contributed by atoms with Gasteiger partial charge in [0.05, 0.1) is 36.6 Å². The van der Waals surface area contributed by atoms with Crippen LogP contribution in [0.15, 0.2) is 55.6 Å². The number of aliphatic hydroxyl groups is 1. The third-order valence-electron chi connectivity index (χ3n) is 9.00. The van der Waals surface area contributed by atoms with Crippen LogP contribution in [0.25, 0.3) is 0 Å². The molecule has 8 atom stereocenters. The number of fused-ring (bicyclic) bond motifs is 1. The maximum atomic E-state index is 14.2. The zero-order valence-corrected chi connectivity index (χ0v) is 25.6. The molecule has 3 aliphatic heterocycles. The van der Waals surface area contributed by atoms with Crippen LogP contribution in [-0.2, 0) is 28.7 Å². The van der Waals surface area contributed by atoms with Crippen molar-refractivity contribution >= 4 is 23.7 Å². The minimum atomic E-state index is -1.22. The van der Waals surface area contributed by atoms with Crippen molar-refractivity contribution in [3.8, 4) is 0 Å². The van der Waals surface area contributed by atoms with Gasteiger partial charge in [-0.3, -0.25) is 19.2 Å². The van der Waals surface area contributed by atoms with Crippen LogP contribution in [0.5, 0.6) is 0 Å². The highest BCUT2D eigenvalue weighted by Gasteiger charge is 2.75. The Morgan fingerprint density at radius 3 is 2.49 bits per heavy atom. The highest BCUT2D eigenvalue weighted by molar-refractivity contribution is 5.98. The van der Waals surface area contributed by atoms with Gasteiger partial charge in [0, 0.05) is 19.0 Å². The second-order valence-electron chi connectivity index (χ2n) is 12.2. The van der Waals surface area contributed by atoms with Crippen LogP contribution < -0.4 is 5.32 Å². The average Bonchev–Trinajstić information content (AvgIpc) is 3.64. The van der Waals surface area contributed by atoms with Crippen LogP contribution in [0.1, 0.15) is 65.0 Å². The maximum Gasteiger partial charge on any atom is 0.313 e. The van der Waals surface area contributed by atoms with Crippen molar-refractivity contribution in [1.29, 1.82) is 0 Å². The molecule has 2 N–H and O–H groups in total. The Labute approximate surface area is 254 Å². The zero-order chi connectivity index (χ0) is 31.5. The Kier molecular flexibility index (Phi) is 10.1. The number of amides is 3. The van der Waals surface area contributed by atoms with Gasteiger partial charge in [-0.05, 0) is 52.5 Å². The van der Waals surface area contributed by atoms with Gasteiger partial charge < -0.3 is 29.7 Å². The smallest absolute Gasteiger partial charge is 0.313 e. The standard InChI is InChI=1S/C33H45N3O7/c1-7-9-15-25(38)34-22(6)28(23-13-11-10-12-14-23)42-32(41)26-24-16-17-33(43-24)27(26)30(39)36(21(5)19-37)29(33)31(40)35(18-8-2)20(3)4/h7-8,10-14,20-22,24,26-29,37H,1-2,9,15-19H2,3-6H3,(H,34,38)/t21-,22+,24-,26+,27+,28+,29-,33+/m1/s1. The zero-order valence-electron chi connectivity index (χ0n) is 25.6. The molecule has 0 aliphatic carbocycles. The van der Waals surface area contributed by atoms with Gasteiger partial charge in [-0.1, -0.05) is 42.5 Å². The Balaban J connectivity index is 1.67. The third-order valence-corrected chi connectivity index (χ3v) is 9.00. The third kappa shape index (κ3) is 5.99. The SMILES string of the molecule is C=CCCC(=O)N[C@@H](C)[C@H](OC(=O)[C@@H]1[C@H]2C(=O)N([C@H](C)CO)[C@H](C(=O)N(CC=C)C(C)C)[C@]23CC[C@H]1O3)c1ccccc1. The van der Waals surface area contributed by atoms with E-state index < -0.39 is 59.6 Å². The summed E-state index contributed by atoms with van der Waals surface area (Å²) in [6.07, 6.45) is 3.59. The number of rotatable bonds is 14. The van der Waals surface area contributed by atoms with Crippen molar-refractivity contribution in [1.82, 2.24) is 15.1 Å². The summed E-state index contributed by atoms with van der Waals surface area (Å²) in [6.45, 7) is 14.6. The number of hydrogen-bond acceptors (Lipinski definition) is 7. The fraction of sp³-hybridized carbons (Fsp3) is 0.576. The number of hydrogen-bond donors (Lipinski definition) is 2. The van der Waals surface area contributed by atoms with E-state index in [1.807, 2.05) is 44.2 Å². The molecule has 10 nitrogen and oxygen atoms in total. The first-order valence-electron chi connectivity index (χ1n) is 15.2. The van der Waals surface area contributed by atoms with Gasteiger partial charge in [-0.25, -0.2) is 0 Å². The second-order valence-corrected chi connectivity index (χ2v) is 12.2. The molecule has 234 valence electrons. The second kappa shape index (κ2) is 13.4. The molecule has 3 amide bonds. The Morgan fingerprint density at radius 1 is 1.19 bits per heavy atom. The van der Waals surface area contributed by atoms with E-state index in [-0.39, 0.29) is 37.4 Å². The summed E-state index contributed by atoms with van der Waals surface area (Å²) < 4.78 is 12.7. The fourth-order valence-electron chi connectivity index (χ4n) is 6.99. The van der Waals surface area contributed by atoms with Gasteiger partial charge in [0.15, 0.2) is 0 Å². The first-order valence-corrected chi connectivity index (χ1v) is 15.2. The number of likely N-dealkylation sites (tertiary alicyclic amines) is 1. The summed E-state index contributed by atoms with van der Waals surface area (Å²) in [6, 6.07) is 6.76. The van der Waals surface area contributed by atoms with E-state index in [1.54, 1.807) is 30.9 Å². The maximum absolute atomic E-state index is 14.2. The number of carbonyl (C=O) groups excluding carboxylic acids is 4.